The molecule has 1 fully saturated rings. The lowest BCUT2D eigenvalue weighted by atomic mass is 9.95. The van der Waals surface area contributed by atoms with Gasteiger partial charge in [-0.05, 0) is 48.2 Å². The van der Waals surface area contributed by atoms with Crippen LogP contribution in [0.4, 0.5) is 18.9 Å². The highest BCUT2D eigenvalue weighted by molar-refractivity contribution is 5.95. The molecule has 1 aliphatic carbocycles. The Labute approximate surface area is 159 Å². The zero-order chi connectivity index (χ0) is 20.3. The third-order valence-corrected chi connectivity index (χ3v) is 4.72. The summed E-state index contributed by atoms with van der Waals surface area (Å²) in [5, 5.41) is 11.9. The highest BCUT2D eigenvalue weighted by Gasteiger charge is 2.37. The van der Waals surface area contributed by atoms with Crippen LogP contribution in [0.1, 0.15) is 19.3 Å². The molecule has 5 nitrogen and oxygen atoms in total. The van der Waals surface area contributed by atoms with Crippen LogP contribution >= 0.6 is 0 Å². The fourth-order valence-electron chi connectivity index (χ4n) is 3.42. The summed E-state index contributed by atoms with van der Waals surface area (Å²) in [7, 11) is 0. The third kappa shape index (κ3) is 4.82. The fraction of sp³-hybridized carbons (Fsp3) is 0.300. The van der Waals surface area contributed by atoms with Crippen LogP contribution in [0.2, 0.25) is 0 Å². The number of carbonyl (C=O) groups is 2. The average molecular weight is 393 g/mol. The predicted molar refractivity (Wildman–Crippen MR) is 95.7 cm³/mol. The summed E-state index contributed by atoms with van der Waals surface area (Å²) in [4.78, 5) is 23.6. The predicted octanol–water partition coefficient (Wildman–Crippen LogP) is 4.69. The molecule has 8 heteroatoms. The first-order chi connectivity index (χ1) is 13.2. The van der Waals surface area contributed by atoms with Gasteiger partial charge in [-0.2, -0.15) is 0 Å². The molecule has 148 valence electrons. The minimum absolute atomic E-state index is 0.316. The quantitative estimate of drug-likeness (QED) is 0.773. The number of hydrogen-bond acceptors (Lipinski definition) is 3. The molecule has 3 rings (SSSR count). The molecule has 0 aromatic heterocycles. The second-order valence-electron chi connectivity index (χ2n) is 6.62. The van der Waals surface area contributed by atoms with Crippen LogP contribution < -0.4 is 10.1 Å². The van der Waals surface area contributed by atoms with Crippen molar-refractivity contribution < 1.29 is 32.6 Å². The number of rotatable bonds is 5. The molecule has 2 N–H and O–H groups in total. The molecule has 1 saturated carbocycles. The Morgan fingerprint density at radius 2 is 1.68 bits per heavy atom. The van der Waals surface area contributed by atoms with Crippen molar-refractivity contribution in [2.75, 3.05) is 5.32 Å². The number of carbonyl (C=O) groups excluding carboxylic acids is 1. The van der Waals surface area contributed by atoms with Crippen molar-refractivity contribution in [2.24, 2.45) is 11.8 Å². The van der Waals surface area contributed by atoms with E-state index >= 15 is 0 Å². The highest BCUT2D eigenvalue weighted by Crippen LogP contribution is 2.33. The van der Waals surface area contributed by atoms with Gasteiger partial charge in [0.1, 0.15) is 5.75 Å². The topological polar surface area (TPSA) is 75.6 Å². The minimum atomic E-state index is -4.76. The van der Waals surface area contributed by atoms with E-state index in [1.807, 2.05) is 0 Å². The van der Waals surface area contributed by atoms with E-state index in [1.54, 1.807) is 30.3 Å². The molecule has 2 unspecified atom stereocenters. The number of anilines is 1. The summed E-state index contributed by atoms with van der Waals surface area (Å²) in [6.07, 6.45) is -3.04. The molecule has 0 bridgehead atoms. The normalized spacial score (nSPS) is 19.2. The Balaban J connectivity index is 1.69. The molecule has 2 aromatic rings. The van der Waals surface area contributed by atoms with E-state index in [0.29, 0.717) is 36.1 Å². The first kappa shape index (κ1) is 19.7. The van der Waals surface area contributed by atoms with E-state index in [-0.39, 0.29) is 11.7 Å². The lowest BCUT2D eigenvalue weighted by molar-refractivity contribution is -0.274. The number of alkyl halides is 3. The lowest BCUT2D eigenvalue weighted by Gasteiger charge is -2.16. The summed E-state index contributed by atoms with van der Waals surface area (Å²) < 4.78 is 41.0. The zero-order valence-electron chi connectivity index (χ0n) is 14.7. The van der Waals surface area contributed by atoms with Gasteiger partial charge in [0.2, 0.25) is 5.91 Å². The second kappa shape index (κ2) is 7.92. The first-order valence-corrected chi connectivity index (χ1v) is 8.73. The van der Waals surface area contributed by atoms with Crippen molar-refractivity contribution in [1.82, 2.24) is 0 Å². The summed E-state index contributed by atoms with van der Waals surface area (Å²) in [6, 6.07) is 12.1. The number of carboxylic acids is 1. The minimum Gasteiger partial charge on any atom is -0.481 e. The second-order valence-corrected chi connectivity index (χ2v) is 6.62. The van der Waals surface area contributed by atoms with Gasteiger partial charge in [-0.3, -0.25) is 9.59 Å². The number of amides is 1. The van der Waals surface area contributed by atoms with Gasteiger partial charge in [-0.15, -0.1) is 13.2 Å². The Morgan fingerprint density at radius 3 is 2.32 bits per heavy atom. The Hall–Kier alpha value is -3.03. The van der Waals surface area contributed by atoms with Crippen molar-refractivity contribution in [1.29, 1.82) is 0 Å². The molecule has 0 aliphatic heterocycles. The van der Waals surface area contributed by atoms with Crippen molar-refractivity contribution >= 4 is 17.6 Å². The Morgan fingerprint density at radius 1 is 1.00 bits per heavy atom. The molecule has 2 atom stereocenters. The number of halogens is 3. The zero-order valence-corrected chi connectivity index (χ0v) is 14.7. The lowest BCUT2D eigenvalue weighted by Crippen LogP contribution is -2.29. The van der Waals surface area contributed by atoms with Crippen LogP contribution in [0, 0.1) is 11.8 Å². The monoisotopic (exact) mass is 393 g/mol. The molecule has 1 aliphatic rings. The van der Waals surface area contributed by atoms with Crippen molar-refractivity contribution in [3.05, 3.63) is 48.5 Å². The number of carboxylic acid groups (broad SMARTS) is 1. The van der Waals surface area contributed by atoms with Gasteiger partial charge < -0.3 is 15.2 Å². The van der Waals surface area contributed by atoms with E-state index in [4.69, 9.17) is 0 Å². The number of hydrogen-bond donors (Lipinski definition) is 2. The average Bonchev–Trinajstić information content (AvgIpc) is 3.11. The summed E-state index contributed by atoms with van der Waals surface area (Å²) >= 11 is 0. The largest absolute Gasteiger partial charge is 0.573 e. The maximum atomic E-state index is 12.4. The SMILES string of the molecule is O=C(O)C1CCCC1C(=O)Nc1ccc(-c2cccc(OC(F)(F)F)c2)cc1. The van der Waals surface area contributed by atoms with Crippen LogP contribution in [0.25, 0.3) is 11.1 Å². The van der Waals surface area contributed by atoms with Crippen molar-refractivity contribution in [3.63, 3.8) is 0 Å². The van der Waals surface area contributed by atoms with Crippen LogP contribution in [0.15, 0.2) is 48.5 Å². The van der Waals surface area contributed by atoms with Crippen molar-refractivity contribution in [3.8, 4) is 16.9 Å². The maximum absolute atomic E-state index is 12.4. The van der Waals surface area contributed by atoms with Crippen molar-refractivity contribution in [2.45, 2.75) is 25.6 Å². The van der Waals surface area contributed by atoms with E-state index in [9.17, 15) is 27.9 Å². The van der Waals surface area contributed by atoms with E-state index < -0.39 is 24.2 Å². The molecule has 0 radical (unpaired) electrons. The summed E-state index contributed by atoms with van der Waals surface area (Å²) in [5.41, 5.74) is 1.67. The van der Waals surface area contributed by atoms with Crippen LogP contribution in [0.5, 0.6) is 5.75 Å². The van der Waals surface area contributed by atoms with E-state index in [1.165, 1.54) is 18.2 Å². The van der Waals surface area contributed by atoms with Gasteiger partial charge in [0.25, 0.3) is 0 Å². The van der Waals surface area contributed by atoms with E-state index in [2.05, 4.69) is 10.1 Å². The first-order valence-electron chi connectivity index (χ1n) is 8.73. The number of ether oxygens (including phenoxy) is 1. The maximum Gasteiger partial charge on any atom is 0.573 e. The number of aliphatic carboxylic acids is 1. The molecular weight excluding hydrogens is 375 g/mol. The Kier molecular flexibility index (Phi) is 5.58. The molecule has 1 amide bonds. The molecule has 0 saturated heterocycles. The van der Waals surface area contributed by atoms with Gasteiger partial charge in [0.05, 0.1) is 11.8 Å². The molecule has 0 heterocycles. The van der Waals surface area contributed by atoms with E-state index in [0.717, 1.165) is 0 Å². The molecular formula is C20H18F3NO4. The Bertz CT molecular complexity index is 864. The van der Waals surface area contributed by atoms with Gasteiger partial charge in [0, 0.05) is 5.69 Å². The fourth-order valence-corrected chi connectivity index (χ4v) is 3.42. The number of nitrogens with one attached hydrogen (secondary N) is 1. The molecule has 28 heavy (non-hydrogen) atoms. The summed E-state index contributed by atoms with van der Waals surface area (Å²) in [6.45, 7) is 0. The number of benzene rings is 2. The van der Waals surface area contributed by atoms with Gasteiger partial charge in [-0.1, -0.05) is 30.7 Å². The van der Waals surface area contributed by atoms with Gasteiger partial charge in [0.15, 0.2) is 0 Å². The van der Waals surface area contributed by atoms with Crippen LogP contribution in [-0.2, 0) is 9.59 Å². The van der Waals surface area contributed by atoms with Crippen LogP contribution in [-0.4, -0.2) is 23.3 Å². The summed E-state index contributed by atoms with van der Waals surface area (Å²) in [5.74, 6) is -2.85. The van der Waals surface area contributed by atoms with Gasteiger partial charge >= 0.3 is 12.3 Å². The molecule has 2 aromatic carbocycles. The van der Waals surface area contributed by atoms with Gasteiger partial charge in [-0.25, -0.2) is 0 Å². The van der Waals surface area contributed by atoms with Crippen LogP contribution in [0.3, 0.4) is 0 Å². The smallest absolute Gasteiger partial charge is 0.481 e. The standard InChI is InChI=1S/C20H18F3NO4/c21-20(22,23)28-15-4-1-3-13(11-15)12-7-9-14(10-8-12)24-18(25)16-5-2-6-17(16)19(26)27/h1,3-4,7-11,16-17H,2,5-6H2,(H,24,25)(H,26,27). The molecule has 0 spiro atoms. The third-order valence-electron chi connectivity index (χ3n) is 4.72. The highest BCUT2D eigenvalue weighted by atomic mass is 19.4.